The molecule has 1 fully saturated rings. The van der Waals surface area contributed by atoms with Gasteiger partial charge in [0, 0.05) is 30.3 Å². The lowest BCUT2D eigenvalue weighted by Crippen LogP contribution is -2.41. The number of anilines is 1. The third kappa shape index (κ3) is 6.61. The molecule has 180 valence electrons. The first-order valence-corrected chi connectivity index (χ1v) is 11.9. The van der Waals surface area contributed by atoms with E-state index in [9.17, 15) is 13.2 Å². The molecule has 0 radical (unpaired) electrons. The lowest BCUT2D eigenvalue weighted by Gasteiger charge is -2.41. The van der Waals surface area contributed by atoms with Gasteiger partial charge in [-0.15, -0.1) is 0 Å². The van der Waals surface area contributed by atoms with Crippen LogP contribution < -0.4 is 10.6 Å². The standard InChI is InChI=1S/C22H25F3N2O.C6H6/c23-22(24,25)17-7-9-20-19(12-17)21-16(13-27-20)6-8-18(28-21)14-26-11-10-15-4-2-1-3-5-15;1-2-4-6-5-3-1/h1-5,7,9,12,16,18,21,26-27H,6,8,10-11,13-14H2;1-6H. The number of halogens is 3. The molecule has 2 aliphatic rings. The zero-order valence-electron chi connectivity index (χ0n) is 19.1. The summed E-state index contributed by atoms with van der Waals surface area (Å²) >= 11 is 0. The van der Waals surface area contributed by atoms with Gasteiger partial charge < -0.3 is 15.4 Å². The monoisotopic (exact) mass is 468 g/mol. The fourth-order valence-corrected chi connectivity index (χ4v) is 4.53. The van der Waals surface area contributed by atoms with E-state index in [2.05, 4.69) is 22.8 Å². The van der Waals surface area contributed by atoms with Gasteiger partial charge in [-0.1, -0.05) is 66.7 Å². The maximum atomic E-state index is 13.1. The molecule has 3 aromatic carbocycles. The minimum absolute atomic E-state index is 0.0255. The van der Waals surface area contributed by atoms with Crippen molar-refractivity contribution in [3.05, 3.63) is 102 Å². The van der Waals surface area contributed by atoms with Crippen LogP contribution in [0.2, 0.25) is 0 Å². The van der Waals surface area contributed by atoms with Gasteiger partial charge in [0.1, 0.15) is 0 Å². The first kappa shape index (κ1) is 24.3. The maximum absolute atomic E-state index is 13.1. The highest BCUT2D eigenvalue weighted by molar-refractivity contribution is 5.56. The minimum Gasteiger partial charge on any atom is -0.384 e. The van der Waals surface area contributed by atoms with Crippen LogP contribution in [-0.2, 0) is 17.3 Å². The largest absolute Gasteiger partial charge is 0.416 e. The summed E-state index contributed by atoms with van der Waals surface area (Å²) in [5.41, 5.74) is 2.07. The Balaban J connectivity index is 0.000000398. The lowest BCUT2D eigenvalue weighted by molar-refractivity contribution is -0.137. The van der Waals surface area contributed by atoms with E-state index < -0.39 is 11.7 Å². The van der Waals surface area contributed by atoms with Crippen molar-refractivity contribution in [2.24, 2.45) is 5.92 Å². The van der Waals surface area contributed by atoms with E-state index in [1.54, 1.807) is 0 Å². The van der Waals surface area contributed by atoms with Crippen molar-refractivity contribution in [3.63, 3.8) is 0 Å². The number of hydrogen-bond donors (Lipinski definition) is 2. The molecule has 0 aliphatic carbocycles. The number of rotatable bonds is 5. The van der Waals surface area contributed by atoms with Crippen molar-refractivity contribution in [1.29, 1.82) is 0 Å². The van der Waals surface area contributed by atoms with E-state index in [4.69, 9.17) is 4.74 Å². The fraction of sp³-hybridized carbons (Fsp3) is 0.357. The molecule has 5 rings (SSSR count). The smallest absolute Gasteiger partial charge is 0.384 e. The van der Waals surface area contributed by atoms with Crippen molar-refractivity contribution >= 4 is 5.69 Å². The van der Waals surface area contributed by atoms with Crippen LogP contribution >= 0.6 is 0 Å². The van der Waals surface area contributed by atoms with Gasteiger partial charge in [-0.05, 0) is 49.6 Å². The van der Waals surface area contributed by atoms with Crippen LogP contribution in [0.4, 0.5) is 18.9 Å². The molecule has 0 bridgehead atoms. The summed E-state index contributed by atoms with van der Waals surface area (Å²) in [6.45, 7) is 2.32. The number of fused-ring (bicyclic) bond motifs is 3. The molecule has 0 amide bonds. The summed E-state index contributed by atoms with van der Waals surface area (Å²) in [4.78, 5) is 0. The number of ether oxygens (including phenoxy) is 1. The fourth-order valence-electron chi connectivity index (χ4n) is 4.53. The van der Waals surface area contributed by atoms with E-state index in [0.717, 1.165) is 50.7 Å². The van der Waals surface area contributed by atoms with Gasteiger partial charge in [0.15, 0.2) is 0 Å². The SMILES string of the molecule is FC(F)(F)c1ccc2c(c1)C1OC(CNCCc3ccccc3)CCC1CN2.c1ccccc1. The van der Waals surface area contributed by atoms with E-state index in [1.807, 2.05) is 54.6 Å². The molecule has 2 N–H and O–H groups in total. The van der Waals surface area contributed by atoms with E-state index in [0.29, 0.717) is 5.56 Å². The Morgan fingerprint density at radius 1 is 0.882 bits per heavy atom. The number of nitrogens with one attached hydrogen (secondary N) is 2. The molecule has 2 aliphatic heterocycles. The zero-order valence-corrected chi connectivity index (χ0v) is 19.1. The second-order valence-corrected chi connectivity index (χ2v) is 8.79. The molecule has 1 saturated heterocycles. The lowest BCUT2D eigenvalue weighted by atomic mass is 9.83. The summed E-state index contributed by atoms with van der Waals surface area (Å²) in [5.74, 6) is 0.219. The Morgan fingerprint density at radius 3 is 2.24 bits per heavy atom. The molecule has 34 heavy (non-hydrogen) atoms. The highest BCUT2D eigenvalue weighted by Crippen LogP contribution is 2.44. The molecular weight excluding hydrogens is 437 g/mol. The van der Waals surface area contributed by atoms with Gasteiger partial charge in [0.25, 0.3) is 0 Å². The first-order valence-electron chi connectivity index (χ1n) is 11.9. The van der Waals surface area contributed by atoms with Crippen LogP contribution in [0.15, 0.2) is 84.9 Å². The summed E-state index contributed by atoms with van der Waals surface area (Å²) in [6.07, 6.45) is -1.75. The van der Waals surface area contributed by atoms with Gasteiger partial charge in [-0.25, -0.2) is 0 Å². The average molecular weight is 469 g/mol. The van der Waals surface area contributed by atoms with Crippen LogP contribution in [0.5, 0.6) is 0 Å². The third-order valence-electron chi connectivity index (χ3n) is 6.34. The normalized spacial score (nSPS) is 21.3. The van der Waals surface area contributed by atoms with Crippen LogP contribution in [0, 0.1) is 5.92 Å². The molecule has 3 atom stereocenters. The molecule has 0 spiro atoms. The summed E-state index contributed by atoms with van der Waals surface area (Å²) in [5, 5.41) is 6.70. The van der Waals surface area contributed by atoms with Crippen molar-refractivity contribution in [3.8, 4) is 0 Å². The van der Waals surface area contributed by atoms with Crippen LogP contribution in [0.1, 0.15) is 35.6 Å². The Hall–Kier alpha value is -2.83. The second kappa shape index (κ2) is 11.5. The molecule has 3 aromatic rings. The molecule has 3 nitrogen and oxygen atoms in total. The molecule has 3 unspecified atom stereocenters. The van der Waals surface area contributed by atoms with Crippen LogP contribution in [0.3, 0.4) is 0 Å². The predicted octanol–water partition coefficient (Wildman–Crippen LogP) is 6.49. The van der Waals surface area contributed by atoms with Crippen molar-refractivity contribution in [2.45, 2.75) is 37.6 Å². The van der Waals surface area contributed by atoms with Gasteiger partial charge in [0.05, 0.1) is 17.8 Å². The van der Waals surface area contributed by atoms with Crippen molar-refractivity contribution in [2.75, 3.05) is 25.0 Å². The molecule has 0 saturated carbocycles. The first-order chi connectivity index (χ1) is 16.5. The Kier molecular flexibility index (Phi) is 8.25. The van der Waals surface area contributed by atoms with E-state index >= 15 is 0 Å². The van der Waals surface area contributed by atoms with Gasteiger partial charge in [0.2, 0.25) is 0 Å². The van der Waals surface area contributed by atoms with Gasteiger partial charge in [-0.3, -0.25) is 0 Å². The minimum atomic E-state index is -4.34. The highest BCUT2D eigenvalue weighted by Gasteiger charge is 2.38. The third-order valence-corrected chi connectivity index (χ3v) is 6.34. The topological polar surface area (TPSA) is 33.3 Å². The number of benzene rings is 3. The predicted molar refractivity (Wildman–Crippen MR) is 130 cm³/mol. The van der Waals surface area contributed by atoms with Crippen LogP contribution in [0.25, 0.3) is 0 Å². The van der Waals surface area contributed by atoms with Gasteiger partial charge in [-0.2, -0.15) is 13.2 Å². The van der Waals surface area contributed by atoms with Gasteiger partial charge >= 0.3 is 6.18 Å². The zero-order chi connectivity index (χ0) is 23.8. The maximum Gasteiger partial charge on any atom is 0.416 e. The Labute approximate surface area is 199 Å². The Morgan fingerprint density at radius 2 is 1.56 bits per heavy atom. The summed E-state index contributed by atoms with van der Waals surface area (Å²) in [6, 6.07) is 26.2. The number of hydrogen-bond acceptors (Lipinski definition) is 3. The highest BCUT2D eigenvalue weighted by atomic mass is 19.4. The average Bonchev–Trinajstić information content (AvgIpc) is 2.87. The molecule has 6 heteroatoms. The Bertz CT molecular complexity index is 984. The van der Waals surface area contributed by atoms with Crippen molar-refractivity contribution < 1.29 is 17.9 Å². The van der Waals surface area contributed by atoms with Crippen molar-refractivity contribution in [1.82, 2.24) is 5.32 Å². The molecular formula is C28H31F3N2O. The quantitative estimate of drug-likeness (QED) is 0.420. The molecule has 0 aromatic heterocycles. The molecule has 2 heterocycles. The second-order valence-electron chi connectivity index (χ2n) is 8.79. The van der Waals surface area contributed by atoms with Crippen LogP contribution in [-0.4, -0.2) is 25.7 Å². The summed E-state index contributed by atoms with van der Waals surface area (Å²) in [7, 11) is 0. The summed E-state index contributed by atoms with van der Waals surface area (Å²) < 4.78 is 45.7. The van der Waals surface area contributed by atoms with E-state index in [-0.39, 0.29) is 18.1 Å². The van der Waals surface area contributed by atoms with E-state index in [1.165, 1.54) is 17.7 Å². The number of alkyl halides is 3.